The topological polar surface area (TPSA) is 53.1 Å². The molecule has 0 saturated carbocycles. The van der Waals surface area contributed by atoms with Crippen LogP contribution in [0.15, 0.2) is 22.6 Å². The summed E-state index contributed by atoms with van der Waals surface area (Å²) in [6.45, 7) is 3.68. The van der Waals surface area contributed by atoms with Crippen molar-refractivity contribution in [1.82, 2.24) is 4.98 Å². The van der Waals surface area contributed by atoms with Gasteiger partial charge in [-0.05, 0) is 25.1 Å². The summed E-state index contributed by atoms with van der Waals surface area (Å²) in [5.41, 5.74) is 2.57. The van der Waals surface area contributed by atoms with E-state index in [4.69, 9.17) is 9.68 Å². The third-order valence-electron chi connectivity index (χ3n) is 2.65. The van der Waals surface area contributed by atoms with Crippen molar-refractivity contribution in [3.05, 3.63) is 24.1 Å². The number of rotatable bonds is 2. The third kappa shape index (κ3) is 1.72. The third-order valence-corrected chi connectivity index (χ3v) is 2.65. The smallest absolute Gasteiger partial charge is 0.192 e. The number of benzene rings is 1. The van der Waals surface area contributed by atoms with Gasteiger partial charge in [0.1, 0.15) is 11.6 Å². The van der Waals surface area contributed by atoms with E-state index in [0.29, 0.717) is 5.89 Å². The molecule has 2 aromatic rings. The van der Waals surface area contributed by atoms with Crippen LogP contribution in [0.3, 0.4) is 0 Å². The number of nitriles is 1. The first-order chi connectivity index (χ1) is 7.61. The number of fused-ring (bicyclic) bond motifs is 1. The second kappa shape index (κ2) is 3.86. The van der Waals surface area contributed by atoms with Crippen LogP contribution in [0.4, 0.5) is 5.69 Å². The van der Waals surface area contributed by atoms with Crippen LogP contribution in [0.1, 0.15) is 12.8 Å². The lowest BCUT2D eigenvalue weighted by atomic mass is 10.2. The van der Waals surface area contributed by atoms with E-state index in [0.717, 1.165) is 16.8 Å². The first-order valence-corrected chi connectivity index (χ1v) is 5.11. The van der Waals surface area contributed by atoms with Crippen molar-refractivity contribution in [2.75, 3.05) is 11.9 Å². The van der Waals surface area contributed by atoms with Crippen LogP contribution in [-0.2, 0) is 0 Å². The zero-order valence-electron chi connectivity index (χ0n) is 9.56. The van der Waals surface area contributed by atoms with Gasteiger partial charge < -0.3 is 9.32 Å². The van der Waals surface area contributed by atoms with Crippen LogP contribution in [0, 0.1) is 18.3 Å². The summed E-state index contributed by atoms with van der Waals surface area (Å²) in [5, 5.41) is 8.86. The van der Waals surface area contributed by atoms with Gasteiger partial charge in [-0.25, -0.2) is 4.98 Å². The summed E-state index contributed by atoms with van der Waals surface area (Å²) in [4.78, 5) is 6.17. The van der Waals surface area contributed by atoms with Crippen LogP contribution in [0.5, 0.6) is 0 Å². The summed E-state index contributed by atoms with van der Waals surface area (Å²) in [6.07, 6.45) is 0. The van der Waals surface area contributed by atoms with Crippen molar-refractivity contribution in [2.24, 2.45) is 0 Å². The quantitative estimate of drug-likeness (QED) is 0.772. The SMILES string of the molecule is Cc1nc2cc(N(C)C(C)C#N)ccc2o1. The van der Waals surface area contributed by atoms with Gasteiger partial charge in [0, 0.05) is 19.7 Å². The van der Waals surface area contributed by atoms with Crippen molar-refractivity contribution in [1.29, 1.82) is 5.26 Å². The van der Waals surface area contributed by atoms with Crippen molar-refractivity contribution in [3.63, 3.8) is 0 Å². The minimum atomic E-state index is -0.162. The highest BCUT2D eigenvalue weighted by Gasteiger charge is 2.10. The number of nitrogens with zero attached hydrogens (tertiary/aromatic N) is 3. The number of hydrogen-bond acceptors (Lipinski definition) is 4. The highest BCUT2D eigenvalue weighted by atomic mass is 16.3. The van der Waals surface area contributed by atoms with E-state index in [9.17, 15) is 0 Å². The van der Waals surface area contributed by atoms with Crippen molar-refractivity contribution >= 4 is 16.8 Å². The molecule has 0 N–H and O–H groups in total. The van der Waals surface area contributed by atoms with Crippen molar-refractivity contribution < 1.29 is 4.42 Å². The summed E-state index contributed by atoms with van der Waals surface area (Å²) in [5.74, 6) is 0.656. The van der Waals surface area contributed by atoms with Gasteiger partial charge in [0.2, 0.25) is 0 Å². The molecule has 0 aliphatic heterocycles. The molecule has 4 nitrogen and oxygen atoms in total. The predicted molar refractivity (Wildman–Crippen MR) is 62.2 cm³/mol. The average Bonchev–Trinajstić information content (AvgIpc) is 2.65. The van der Waals surface area contributed by atoms with E-state index in [-0.39, 0.29) is 6.04 Å². The maximum Gasteiger partial charge on any atom is 0.192 e. The molecule has 0 radical (unpaired) electrons. The zero-order chi connectivity index (χ0) is 11.7. The summed E-state index contributed by atoms with van der Waals surface area (Å²) < 4.78 is 5.39. The predicted octanol–water partition coefficient (Wildman–Crippen LogP) is 2.48. The van der Waals surface area contributed by atoms with E-state index >= 15 is 0 Å². The van der Waals surface area contributed by atoms with E-state index in [1.165, 1.54) is 0 Å². The summed E-state index contributed by atoms with van der Waals surface area (Å²) in [6, 6.07) is 7.78. The van der Waals surface area contributed by atoms with Gasteiger partial charge >= 0.3 is 0 Å². The van der Waals surface area contributed by atoms with Crippen LogP contribution in [0.2, 0.25) is 0 Å². The van der Waals surface area contributed by atoms with Gasteiger partial charge in [0.15, 0.2) is 11.5 Å². The zero-order valence-corrected chi connectivity index (χ0v) is 9.56. The Morgan fingerprint density at radius 2 is 2.25 bits per heavy atom. The molecule has 0 aliphatic rings. The molecule has 1 aromatic heterocycles. The molecule has 0 bridgehead atoms. The molecule has 82 valence electrons. The monoisotopic (exact) mass is 215 g/mol. The molecule has 1 atom stereocenters. The Hall–Kier alpha value is -2.02. The maximum atomic E-state index is 8.86. The molecule has 1 aromatic carbocycles. The van der Waals surface area contributed by atoms with E-state index < -0.39 is 0 Å². The van der Waals surface area contributed by atoms with E-state index in [1.54, 1.807) is 0 Å². The molecule has 4 heteroatoms. The second-order valence-corrected chi connectivity index (χ2v) is 3.80. The molecule has 0 aliphatic carbocycles. The summed E-state index contributed by atoms with van der Waals surface area (Å²) in [7, 11) is 1.89. The normalized spacial score (nSPS) is 12.4. The fraction of sp³-hybridized carbons (Fsp3) is 0.333. The highest BCUT2D eigenvalue weighted by Crippen LogP contribution is 2.22. The second-order valence-electron chi connectivity index (χ2n) is 3.80. The molecule has 0 amide bonds. The Morgan fingerprint density at radius 3 is 2.94 bits per heavy atom. The van der Waals surface area contributed by atoms with Crippen LogP contribution in [0.25, 0.3) is 11.1 Å². The molecule has 2 rings (SSSR count). The number of anilines is 1. The Balaban J connectivity index is 2.43. The molecular formula is C12H13N3O. The largest absolute Gasteiger partial charge is 0.441 e. The lowest BCUT2D eigenvalue weighted by Crippen LogP contribution is -2.26. The number of oxazole rings is 1. The first kappa shape index (κ1) is 10.5. The van der Waals surface area contributed by atoms with Crippen LogP contribution in [-0.4, -0.2) is 18.1 Å². The molecule has 0 saturated heterocycles. The Morgan fingerprint density at radius 1 is 1.50 bits per heavy atom. The van der Waals surface area contributed by atoms with E-state index in [1.807, 2.05) is 44.0 Å². The highest BCUT2D eigenvalue weighted by molar-refractivity contribution is 5.77. The number of hydrogen-bond donors (Lipinski definition) is 0. The average molecular weight is 215 g/mol. The fourth-order valence-electron chi connectivity index (χ4n) is 1.56. The molecule has 16 heavy (non-hydrogen) atoms. The molecule has 1 heterocycles. The van der Waals surface area contributed by atoms with Gasteiger partial charge in [-0.3, -0.25) is 0 Å². The van der Waals surface area contributed by atoms with E-state index in [2.05, 4.69) is 11.1 Å². The maximum absolute atomic E-state index is 8.86. The Labute approximate surface area is 94.1 Å². The first-order valence-electron chi connectivity index (χ1n) is 5.11. The lowest BCUT2D eigenvalue weighted by Gasteiger charge is -2.21. The standard InChI is InChI=1S/C12H13N3O/c1-8(7-13)15(3)10-4-5-12-11(6-10)14-9(2)16-12/h4-6,8H,1-3H3. The van der Waals surface area contributed by atoms with Gasteiger partial charge in [-0.1, -0.05) is 0 Å². The van der Waals surface area contributed by atoms with Crippen LogP contribution >= 0.6 is 0 Å². The number of aromatic nitrogens is 1. The Kier molecular flexibility index (Phi) is 2.53. The molecule has 0 spiro atoms. The lowest BCUT2D eigenvalue weighted by molar-refractivity contribution is 0.561. The number of aryl methyl sites for hydroxylation is 1. The Bertz CT molecular complexity index is 553. The summed E-state index contributed by atoms with van der Waals surface area (Å²) >= 11 is 0. The molecule has 0 fully saturated rings. The van der Waals surface area contributed by atoms with Gasteiger partial charge in [0.05, 0.1) is 6.07 Å². The van der Waals surface area contributed by atoms with Crippen molar-refractivity contribution in [2.45, 2.75) is 19.9 Å². The van der Waals surface area contributed by atoms with Crippen molar-refractivity contribution in [3.8, 4) is 6.07 Å². The fourth-order valence-corrected chi connectivity index (χ4v) is 1.56. The minimum absolute atomic E-state index is 0.162. The minimum Gasteiger partial charge on any atom is -0.441 e. The van der Waals surface area contributed by atoms with Gasteiger partial charge in [-0.15, -0.1) is 0 Å². The van der Waals surface area contributed by atoms with Crippen LogP contribution < -0.4 is 4.90 Å². The van der Waals surface area contributed by atoms with Gasteiger partial charge in [-0.2, -0.15) is 5.26 Å². The molecular weight excluding hydrogens is 202 g/mol. The van der Waals surface area contributed by atoms with Gasteiger partial charge in [0.25, 0.3) is 0 Å². The molecule has 1 unspecified atom stereocenters.